The highest BCUT2D eigenvalue weighted by atomic mass is 19.2. The topological polar surface area (TPSA) is 66.8 Å². The zero-order valence-electron chi connectivity index (χ0n) is 12.9. The van der Waals surface area contributed by atoms with Crippen LogP contribution in [-0.2, 0) is 11.4 Å². The number of rotatable bonds is 1. The van der Waals surface area contributed by atoms with E-state index >= 15 is 0 Å². The van der Waals surface area contributed by atoms with Gasteiger partial charge in [0.05, 0.1) is 0 Å². The van der Waals surface area contributed by atoms with Crippen LogP contribution in [0.2, 0.25) is 0 Å². The third-order valence-corrected chi connectivity index (χ3v) is 4.81. The second kappa shape index (κ2) is 4.40. The lowest BCUT2D eigenvalue weighted by atomic mass is 9.86. The number of hydrogen-bond acceptors (Lipinski definition) is 4. The summed E-state index contributed by atoms with van der Waals surface area (Å²) < 4.78 is 32.6. The predicted molar refractivity (Wildman–Crippen MR) is 79.6 cm³/mol. The van der Waals surface area contributed by atoms with Crippen LogP contribution in [0.4, 0.5) is 8.78 Å². The number of benzene rings is 2. The monoisotopic (exact) mass is 332 g/mol. The summed E-state index contributed by atoms with van der Waals surface area (Å²) >= 11 is 0. The molecule has 2 atom stereocenters. The van der Waals surface area contributed by atoms with Crippen molar-refractivity contribution >= 4 is 5.78 Å². The van der Waals surface area contributed by atoms with Gasteiger partial charge in [0, 0.05) is 16.7 Å². The lowest BCUT2D eigenvalue weighted by molar-refractivity contribution is -0.224. The Balaban J connectivity index is 1.97. The first-order valence-corrected chi connectivity index (χ1v) is 7.52. The fraction of sp³-hybridized carbons (Fsp3) is 0.278. The van der Waals surface area contributed by atoms with E-state index in [9.17, 15) is 23.8 Å². The molecule has 0 saturated carbocycles. The minimum atomic E-state index is -2.48. The van der Waals surface area contributed by atoms with E-state index in [1.165, 1.54) is 6.07 Å². The number of ketones is 1. The standard InChI is InChI=1S/C18H14F2O4/c1-8(2)9-3-4-11-15(5-9)24-18(23)12-7-14(20)13(19)6-10(12)16(21)17(11,18)22/h3-8,22-23H,1-2H3. The minimum Gasteiger partial charge on any atom is -0.454 e. The lowest BCUT2D eigenvalue weighted by Gasteiger charge is -2.28. The van der Waals surface area contributed by atoms with Gasteiger partial charge in [-0.05, 0) is 29.7 Å². The molecule has 6 heteroatoms. The van der Waals surface area contributed by atoms with Crippen LogP contribution in [0.15, 0.2) is 30.3 Å². The number of carbonyl (C=O) groups excluding carboxylic acids is 1. The number of aliphatic hydroxyl groups is 2. The summed E-state index contributed by atoms with van der Waals surface area (Å²) in [5, 5.41) is 21.9. The molecule has 0 amide bonds. The second-order valence-corrected chi connectivity index (χ2v) is 6.51. The fourth-order valence-electron chi connectivity index (χ4n) is 3.43. The molecule has 0 bridgehead atoms. The van der Waals surface area contributed by atoms with Crippen LogP contribution in [-0.4, -0.2) is 16.0 Å². The molecule has 0 radical (unpaired) electrons. The summed E-state index contributed by atoms with van der Waals surface area (Å²) in [6, 6.07) is 6.21. The Morgan fingerprint density at radius 1 is 1.04 bits per heavy atom. The molecule has 24 heavy (non-hydrogen) atoms. The molecule has 4 rings (SSSR count). The molecule has 2 aromatic rings. The van der Waals surface area contributed by atoms with Crippen LogP contribution < -0.4 is 4.74 Å². The molecule has 4 nitrogen and oxygen atoms in total. The summed E-state index contributed by atoms with van der Waals surface area (Å²) in [4.78, 5) is 12.7. The highest BCUT2D eigenvalue weighted by molar-refractivity contribution is 6.09. The average molecular weight is 332 g/mol. The van der Waals surface area contributed by atoms with Crippen LogP contribution >= 0.6 is 0 Å². The van der Waals surface area contributed by atoms with Gasteiger partial charge in [-0.15, -0.1) is 0 Å². The van der Waals surface area contributed by atoms with Crippen molar-refractivity contribution in [3.05, 3.63) is 64.2 Å². The van der Waals surface area contributed by atoms with Crippen LogP contribution in [0.1, 0.15) is 46.8 Å². The molecule has 124 valence electrons. The average Bonchev–Trinajstić information content (AvgIpc) is 2.85. The first-order chi connectivity index (χ1) is 11.2. The number of ether oxygens (including phenoxy) is 1. The summed E-state index contributed by atoms with van der Waals surface area (Å²) in [5.74, 6) is -5.55. The van der Waals surface area contributed by atoms with E-state index in [2.05, 4.69) is 0 Å². The van der Waals surface area contributed by atoms with E-state index in [0.29, 0.717) is 12.1 Å². The second-order valence-electron chi connectivity index (χ2n) is 6.51. The van der Waals surface area contributed by atoms with Crippen LogP contribution in [0, 0.1) is 11.6 Å². The van der Waals surface area contributed by atoms with Crippen LogP contribution in [0.5, 0.6) is 5.75 Å². The number of fused-ring (bicyclic) bond motifs is 5. The van der Waals surface area contributed by atoms with Gasteiger partial charge in [0.25, 0.3) is 5.79 Å². The molecule has 1 aliphatic carbocycles. The maximum absolute atomic E-state index is 13.6. The van der Waals surface area contributed by atoms with E-state index in [-0.39, 0.29) is 28.4 Å². The van der Waals surface area contributed by atoms with Gasteiger partial charge in [0.1, 0.15) is 5.75 Å². The number of hydrogen-bond donors (Lipinski definition) is 2. The van der Waals surface area contributed by atoms with Gasteiger partial charge < -0.3 is 14.9 Å². The van der Waals surface area contributed by atoms with Gasteiger partial charge in [-0.2, -0.15) is 0 Å². The summed E-state index contributed by atoms with van der Waals surface area (Å²) in [6.45, 7) is 3.92. The summed E-state index contributed by atoms with van der Waals surface area (Å²) in [6.07, 6.45) is 0. The zero-order chi connectivity index (χ0) is 17.4. The molecule has 2 aliphatic rings. The van der Waals surface area contributed by atoms with Gasteiger partial charge in [-0.25, -0.2) is 8.78 Å². The minimum absolute atomic E-state index is 0.0800. The third-order valence-electron chi connectivity index (χ3n) is 4.81. The van der Waals surface area contributed by atoms with Gasteiger partial charge >= 0.3 is 0 Å². The Morgan fingerprint density at radius 2 is 1.71 bits per heavy atom. The first-order valence-electron chi connectivity index (χ1n) is 7.52. The molecule has 0 saturated heterocycles. The fourth-order valence-corrected chi connectivity index (χ4v) is 3.43. The smallest absolute Gasteiger partial charge is 0.276 e. The Kier molecular flexibility index (Phi) is 2.79. The normalized spacial score (nSPS) is 27.0. The van der Waals surface area contributed by atoms with Crippen molar-refractivity contribution in [3.63, 3.8) is 0 Å². The van der Waals surface area contributed by atoms with Crippen molar-refractivity contribution in [1.82, 2.24) is 0 Å². The molecule has 2 N–H and O–H groups in total. The molecule has 0 spiro atoms. The van der Waals surface area contributed by atoms with Gasteiger partial charge in [-0.3, -0.25) is 4.79 Å². The van der Waals surface area contributed by atoms with Crippen LogP contribution in [0.25, 0.3) is 0 Å². The SMILES string of the molecule is CC(C)c1ccc2c(c1)OC1(O)c3cc(F)c(F)cc3C(=O)C21O. The van der Waals surface area contributed by atoms with E-state index in [1.54, 1.807) is 12.1 Å². The van der Waals surface area contributed by atoms with Crippen molar-refractivity contribution in [2.75, 3.05) is 0 Å². The Bertz CT molecular complexity index is 908. The van der Waals surface area contributed by atoms with Crippen molar-refractivity contribution in [2.24, 2.45) is 0 Å². The van der Waals surface area contributed by atoms with Crippen molar-refractivity contribution in [3.8, 4) is 5.75 Å². The van der Waals surface area contributed by atoms with Crippen molar-refractivity contribution < 1.29 is 28.5 Å². The maximum atomic E-state index is 13.6. The summed E-state index contributed by atoms with van der Waals surface area (Å²) in [5.41, 5.74) is -2.04. The Morgan fingerprint density at radius 3 is 2.38 bits per heavy atom. The Hall–Kier alpha value is -2.31. The largest absolute Gasteiger partial charge is 0.454 e. The molecular weight excluding hydrogens is 318 g/mol. The molecule has 0 aromatic heterocycles. The lowest BCUT2D eigenvalue weighted by Crippen LogP contribution is -2.48. The van der Waals surface area contributed by atoms with Gasteiger partial charge in [-0.1, -0.05) is 26.0 Å². The van der Waals surface area contributed by atoms with E-state index in [0.717, 1.165) is 5.56 Å². The molecule has 0 fully saturated rings. The van der Waals surface area contributed by atoms with Crippen molar-refractivity contribution in [1.29, 1.82) is 0 Å². The highest BCUT2D eigenvalue weighted by Gasteiger charge is 2.70. The molecule has 1 aliphatic heterocycles. The number of halogens is 2. The molecular formula is C18H14F2O4. The quantitative estimate of drug-likeness (QED) is 0.843. The predicted octanol–water partition coefficient (Wildman–Crippen LogP) is 2.71. The third kappa shape index (κ3) is 1.55. The first kappa shape index (κ1) is 15.2. The number of carbonyl (C=O) groups is 1. The van der Waals surface area contributed by atoms with E-state index in [1.807, 2.05) is 13.8 Å². The van der Waals surface area contributed by atoms with E-state index < -0.39 is 28.8 Å². The zero-order valence-corrected chi connectivity index (χ0v) is 12.9. The van der Waals surface area contributed by atoms with Gasteiger partial charge in [0.2, 0.25) is 11.4 Å². The van der Waals surface area contributed by atoms with Crippen molar-refractivity contribution in [2.45, 2.75) is 31.2 Å². The number of Topliss-reactive ketones (excluding diaryl/α,β-unsaturated/α-hetero) is 1. The highest BCUT2D eigenvalue weighted by Crippen LogP contribution is 2.58. The van der Waals surface area contributed by atoms with Crippen LogP contribution in [0.3, 0.4) is 0 Å². The van der Waals surface area contributed by atoms with E-state index in [4.69, 9.17) is 4.74 Å². The Labute approximate surface area is 136 Å². The molecule has 2 unspecified atom stereocenters. The summed E-state index contributed by atoms with van der Waals surface area (Å²) in [7, 11) is 0. The molecule has 1 heterocycles. The maximum Gasteiger partial charge on any atom is 0.276 e. The van der Waals surface area contributed by atoms with Gasteiger partial charge in [0.15, 0.2) is 11.6 Å². The molecule has 2 aromatic carbocycles.